The van der Waals surface area contributed by atoms with Crippen LogP contribution in [0.1, 0.15) is 5.82 Å². The van der Waals surface area contributed by atoms with Gasteiger partial charge in [0.1, 0.15) is 17.5 Å². The van der Waals surface area contributed by atoms with Crippen LogP contribution >= 0.6 is 11.8 Å². The zero-order chi connectivity index (χ0) is 14.8. The van der Waals surface area contributed by atoms with Crippen LogP contribution in [0, 0.1) is 6.92 Å². The third-order valence-corrected chi connectivity index (χ3v) is 4.05. The van der Waals surface area contributed by atoms with Gasteiger partial charge in [-0.1, -0.05) is 30.0 Å². The number of fused-ring (bicyclic) bond motifs is 1. The van der Waals surface area contributed by atoms with Gasteiger partial charge in [0.05, 0.1) is 17.8 Å². The summed E-state index contributed by atoms with van der Waals surface area (Å²) in [6.45, 7) is 2.41. The molecule has 1 aromatic heterocycles. The molecular weight excluding hydrogens is 290 g/mol. The van der Waals surface area contributed by atoms with Gasteiger partial charge in [-0.25, -0.2) is 19.7 Å². The number of cyclic esters (lactones) is 1. The molecule has 1 aliphatic heterocycles. The smallest absolute Gasteiger partial charge is 0.416 e. The number of thioether (sulfide) groups is 1. The number of imide groups is 1. The van der Waals surface area contributed by atoms with Crippen LogP contribution in [-0.4, -0.2) is 45.8 Å². The number of benzene rings is 1. The molecule has 0 spiro atoms. The molecule has 3 rings (SSSR count). The number of rotatable bonds is 3. The summed E-state index contributed by atoms with van der Waals surface area (Å²) in [6.07, 6.45) is -0.565. The van der Waals surface area contributed by atoms with Crippen LogP contribution in [0.15, 0.2) is 29.3 Å². The van der Waals surface area contributed by atoms with Gasteiger partial charge < -0.3 is 4.74 Å². The number of ether oxygens (including phenoxy) is 1. The number of nitrogens with zero attached hydrogens (tertiary/aromatic N) is 3. The second-order valence-electron chi connectivity index (χ2n) is 4.54. The fraction of sp³-hybridized carbons (Fsp3) is 0.286. The van der Waals surface area contributed by atoms with Gasteiger partial charge in [-0.2, -0.15) is 0 Å². The Kier molecular flexibility index (Phi) is 3.74. The molecule has 0 atom stereocenters. The van der Waals surface area contributed by atoms with Crippen molar-refractivity contribution < 1.29 is 14.3 Å². The molecule has 1 fully saturated rings. The van der Waals surface area contributed by atoms with Gasteiger partial charge in [-0.05, 0) is 13.0 Å². The van der Waals surface area contributed by atoms with Crippen molar-refractivity contribution in [3.63, 3.8) is 0 Å². The second-order valence-corrected chi connectivity index (χ2v) is 5.51. The fourth-order valence-corrected chi connectivity index (χ4v) is 3.04. The van der Waals surface area contributed by atoms with Gasteiger partial charge in [0.25, 0.3) is 0 Å². The minimum Gasteiger partial charge on any atom is -0.447 e. The topological polar surface area (TPSA) is 72.4 Å². The molecule has 0 radical (unpaired) electrons. The molecular formula is C14H13N3O3S. The predicted octanol–water partition coefficient (Wildman–Crippen LogP) is 2.01. The van der Waals surface area contributed by atoms with Crippen molar-refractivity contribution in [3.05, 3.63) is 30.1 Å². The summed E-state index contributed by atoms with van der Waals surface area (Å²) in [7, 11) is 0. The number of aromatic nitrogens is 2. The first-order valence-corrected chi connectivity index (χ1v) is 7.47. The maximum atomic E-state index is 12.0. The van der Waals surface area contributed by atoms with Crippen molar-refractivity contribution in [2.45, 2.75) is 11.9 Å². The van der Waals surface area contributed by atoms with Crippen LogP contribution < -0.4 is 0 Å². The summed E-state index contributed by atoms with van der Waals surface area (Å²) < 4.78 is 4.76. The maximum Gasteiger partial charge on any atom is 0.416 e. The van der Waals surface area contributed by atoms with E-state index >= 15 is 0 Å². The van der Waals surface area contributed by atoms with E-state index in [4.69, 9.17) is 4.74 Å². The molecule has 7 heteroatoms. The number of aryl methyl sites for hydroxylation is 1. The molecule has 0 unspecified atom stereocenters. The van der Waals surface area contributed by atoms with E-state index in [9.17, 15) is 9.59 Å². The molecule has 0 aliphatic carbocycles. The third kappa shape index (κ3) is 2.82. The molecule has 1 aromatic carbocycles. The first-order valence-electron chi connectivity index (χ1n) is 6.48. The zero-order valence-corrected chi connectivity index (χ0v) is 12.2. The van der Waals surface area contributed by atoms with Crippen LogP contribution in [0.5, 0.6) is 0 Å². The number of para-hydroxylation sites is 1. The van der Waals surface area contributed by atoms with Crippen LogP contribution in [0.2, 0.25) is 0 Å². The highest BCUT2D eigenvalue weighted by molar-refractivity contribution is 8.00. The molecule has 2 aromatic rings. The van der Waals surface area contributed by atoms with E-state index in [0.29, 0.717) is 12.4 Å². The first-order chi connectivity index (χ1) is 10.1. The maximum absolute atomic E-state index is 12.0. The Morgan fingerprint density at radius 2 is 2.19 bits per heavy atom. The molecule has 21 heavy (non-hydrogen) atoms. The summed E-state index contributed by atoms with van der Waals surface area (Å²) in [6, 6.07) is 7.65. The molecule has 6 nitrogen and oxygen atoms in total. The minimum atomic E-state index is -0.565. The van der Waals surface area contributed by atoms with Crippen molar-refractivity contribution in [3.8, 4) is 0 Å². The molecule has 0 bridgehead atoms. The number of carbonyl (C=O) groups is 2. The Hall–Kier alpha value is -2.15. The first kappa shape index (κ1) is 13.8. The largest absolute Gasteiger partial charge is 0.447 e. The summed E-state index contributed by atoms with van der Waals surface area (Å²) in [5, 5.41) is 1.66. The SMILES string of the molecule is Cc1nc(SCC(=O)N2CCOC2=O)c2ccccc2n1. The lowest BCUT2D eigenvalue weighted by Crippen LogP contribution is -2.33. The fourth-order valence-electron chi connectivity index (χ4n) is 2.10. The zero-order valence-electron chi connectivity index (χ0n) is 11.4. The lowest BCUT2D eigenvalue weighted by Gasteiger charge is -2.11. The Morgan fingerprint density at radius 1 is 1.38 bits per heavy atom. The average molecular weight is 303 g/mol. The number of hydrogen-bond acceptors (Lipinski definition) is 6. The van der Waals surface area contributed by atoms with Gasteiger partial charge in [-0.3, -0.25) is 4.79 Å². The molecule has 2 amide bonds. The molecule has 1 aliphatic rings. The van der Waals surface area contributed by atoms with Crippen LogP contribution in [0.4, 0.5) is 4.79 Å². The summed E-state index contributed by atoms with van der Waals surface area (Å²) in [5.41, 5.74) is 0.848. The standard InChI is InChI=1S/C14H13N3O3S/c1-9-15-11-5-3-2-4-10(11)13(16-9)21-8-12(18)17-6-7-20-14(17)19/h2-5H,6-8H2,1H3. The molecule has 1 saturated heterocycles. The quantitative estimate of drug-likeness (QED) is 0.638. The summed E-state index contributed by atoms with van der Waals surface area (Å²) in [5.74, 6) is 0.544. The third-order valence-electron chi connectivity index (χ3n) is 3.07. The highest BCUT2D eigenvalue weighted by Crippen LogP contribution is 2.25. The Balaban J connectivity index is 1.79. The van der Waals surface area contributed by atoms with E-state index in [2.05, 4.69) is 9.97 Å². The predicted molar refractivity (Wildman–Crippen MR) is 78.1 cm³/mol. The van der Waals surface area contributed by atoms with Crippen LogP contribution in [0.3, 0.4) is 0 Å². The van der Waals surface area contributed by atoms with E-state index in [1.54, 1.807) is 0 Å². The van der Waals surface area contributed by atoms with Gasteiger partial charge in [0.2, 0.25) is 5.91 Å². The second kappa shape index (κ2) is 5.69. The minimum absolute atomic E-state index is 0.148. The van der Waals surface area contributed by atoms with E-state index in [-0.39, 0.29) is 18.3 Å². The van der Waals surface area contributed by atoms with Gasteiger partial charge in [0.15, 0.2) is 0 Å². The summed E-state index contributed by atoms with van der Waals surface area (Å²) in [4.78, 5) is 33.2. The Bertz CT molecular complexity index is 720. The van der Waals surface area contributed by atoms with E-state index < -0.39 is 6.09 Å². The normalized spacial score (nSPS) is 14.5. The molecule has 2 heterocycles. The Labute approximate surface area is 125 Å². The van der Waals surface area contributed by atoms with Crippen molar-refractivity contribution >= 4 is 34.7 Å². The average Bonchev–Trinajstić information content (AvgIpc) is 2.90. The van der Waals surface area contributed by atoms with E-state index in [1.807, 2.05) is 31.2 Å². The van der Waals surface area contributed by atoms with Gasteiger partial charge >= 0.3 is 6.09 Å². The monoisotopic (exact) mass is 303 g/mol. The van der Waals surface area contributed by atoms with Crippen LogP contribution in [-0.2, 0) is 9.53 Å². The number of hydrogen-bond donors (Lipinski definition) is 0. The molecule has 0 N–H and O–H groups in total. The van der Waals surface area contributed by atoms with E-state index in [0.717, 1.165) is 20.8 Å². The lowest BCUT2D eigenvalue weighted by molar-refractivity contribution is -0.125. The van der Waals surface area contributed by atoms with Gasteiger partial charge in [-0.15, -0.1) is 0 Å². The van der Waals surface area contributed by atoms with Crippen molar-refractivity contribution in [2.24, 2.45) is 0 Å². The number of amides is 2. The van der Waals surface area contributed by atoms with Crippen molar-refractivity contribution in [1.29, 1.82) is 0 Å². The van der Waals surface area contributed by atoms with Crippen LogP contribution in [0.25, 0.3) is 10.9 Å². The molecule has 0 saturated carbocycles. The number of carbonyl (C=O) groups excluding carboxylic acids is 2. The van der Waals surface area contributed by atoms with Gasteiger partial charge in [0, 0.05) is 5.39 Å². The Morgan fingerprint density at radius 3 is 2.95 bits per heavy atom. The molecule has 108 valence electrons. The van der Waals surface area contributed by atoms with Crippen molar-refractivity contribution in [2.75, 3.05) is 18.9 Å². The highest BCUT2D eigenvalue weighted by atomic mass is 32.2. The summed E-state index contributed by atoms with van der Waals surface area (Å²) >= 11 is 1.31. The van der Waals surface area contributed by atoms with Crippen molar-refractivity contribution in [1.82, 2.24) is 14.9 Å². The highest BCUT2D eigenvalue weighted by Gasteiger charge is 2.28. The lowest BCUT2D eigenvalue weighted by atomic mass is 10.2. The van der Waals surface area contributed by atoms with E-state index in [1.165, 1.54) is 11.8 Å².